The average Bonchev–Trinajstić information content (AvgIpc) is 2.39. The first-order valence-corrected chi connectivity index (χ1v) is 6.54. The Hall–Kier alpha value is -1.65. The summed E-state index contributed by atoms with van der Waals surface area (Å²) in [6.07, 6.45) is 3.20. The predicted octanol–water partition coefficient (Wildman–Crippen LogP) is 2.66. The molecule has 2 rings (SSSR count). The molecule has 0 saturated carbocycles. The second-order valence-electron chi connectivity index (χ2n) is 4.24. The largest absolute Gasteiger partial charge is 0.279 e. The van der Waals surface area contributed by atoms with Crippen molar-refractivity contribution < 1.29 is 4.79 Å². The number of nitrogens with zero attached hydrogens (tertiary/aromatic N) is 2. The minimum Gasteiger partial charge on any atom is -0.279 e. The van der Waals surface area contributed by atoms with Crippen LogP contribution in [-0.4, -0.2) is 29.4 Å². The van der Waals surface area contributed by atoms with Gasteiger partial charge >= 0.3 is 0 Å². The van der Waals surface area contributed by atoms with Gasteiger partial charge in [0.1, 0.15) is 0 Å². The van der Waals surface area contributed by atoms with E-state index in [1.165, 1.54) is 0 Å². The van der Waals surface area contributed by atoms with Crippen LogP contribution in [0.4, 0.5) is 0 Å². The molecule has 1 aliphatic heterocycles. The zero-order valence-electron chi connectivity index (χ0n) is 10.9. The van der Waals surface area contributed by atoms with Gasteiger partial charge in [0.25, 0.3) is 5.91 Å². The molecule has 1 N–H and O–H groups in total. The summed E-state index contributed by atoms with van der Waals surface area (Å²) < 4.78 is 0. The molecule has 1 unspecified atom stereocenters. The van der Waals surface area contributed by atoms with Crippen LogP contribution in [0.25, 0.3) is 0 Å². The number of amides is 1. The maximum atomic E-state index is 12.5. The van der Waals surface area contributed by atoms with Gasteiger partial charge in [-0.15, -0.1) is 0 Å². The first kappa shape index (κ1) is 13.8. The molecule has 1 atom stereocenters. The number of hydrogen-bond acceptors (Lipinski definition) is 3. The van der Waals surface area contributed by atoms with Crippen LogP contribution in [0, 0.1) is 0 Å². The summed E-state index contributed by atoms with van der Waals surface area (Å²) in [6, 6.07) is 6.91. The fraction of sp³-hybridized carbons (Fsp3) is 0.286. The van der Waals surface area contributed by atoms with Crippen molar-refractivity contribution >= 4 is 23.2 Å². The number of nitrogens with one attached hydrogen (secondary N) is 1. The first-order chi connectivity index (χ1) is 9.11. The van der Waals surface area contributed by atoms with Crippen LogP contribution in [-0.2, 0) is 0 Å². The summed E-state index contributed by atoms with van der Waals surface area (Å²) in [4.78, 5) is 18.4. The number of hydrogen-bond donors (Lipinski definition) is 1. The van der Waals surface area contributed by atoms with Crippen molar-refractivity contribution in [1.29, 1.82) is 0 Å². The number of carbonyl (C=O) groups is 1. The quantitative estimate of drug-likeness (QED) is 0.923. The Morgan fingerprint density at radius 3 is 3.00 bits per heavy atom. The molecule has 0 radical (unpaired) electrons. The minimum absolute atomic E-state index is 0.124. The van der Waals surface area contributed by atoms with Crippen molar-refractivity contribution in [1.82, 2.24) is 10.2 Å². The number of allylic oxidation sites excluding steroid dienone is 1. The Morgan fingerprint density at radius 2 is 2.32 bits per heavy atom. The SMILES string of the molecule is CCNC1N=C(C)C=CN1C(=O)c1cccc(Cl)c1. The second-order valence-corrected chi connectivity index (χ2v) is 4.68. The summed E-state index contributed by atoms with van der Waals surface area (Å²) in [5.41, 5.74) is 1.44. The van der Waals surface area contributed by atoms with Crippen LogP contribution in [0.15, 0.2) is 41.5 Å². The molecule has 5 heteroatoms. The van der Waals surface area contributed by atoms with Gasteiger partial charge in [-0.05, 0) is 37.7 Å². The zero-order chi connectivity index (χ0) is 13.8. The zero-order valence-corrected chi connectivity index (χ0v) is 11.7. The van der Waals surface area contributed by atoms with E-state index in [0.29, 0.717) is 10.6 Å². The molecule has 0 bridgehead atoms. The van der Waals surface area contributed by atoms with E-state index in [4.69, 9.17) is 11.6 Å². The molecule has 4 nitrogen and oxygen atoms in total. The van der Waals surface area contributed by atoms with Crippen LogP contribution >= 0.6 is 11.6 Å². The van der Waals surface area contributed by atoms with E-state index in [1.54, 1.807) is 35.4 Å². The highest BCUT2D eigenvalue weighted by Crippen LogP contribution is 2.16. The highest BCUT2D eigenvalue weighted by atomic mass is 35.5. The van der Waals surface area contributed by atoms with E-state index in [0.717, 1.165) is 12.3 Å². The number of halogens is 1. The van der Waals surface area contributed by atoms with Crippen molar-refractivity contribution in [2.75, 3.05) is 6.54 Å². The molecule has 100 valence electrons. The predicted molar refractivity (Wildman–Crippen MR) is 77.3 cm³/mol. The third-order valence-electron chi connectivity index (χ3n) is 2.76. The Bertz CT molecular complexity index is 539. The average molecular weight is 278 g/mol. The van der Waals surface area contributed by atoms with Crippen molar-refractivity contribution in [2.24, 2.45) is 4.99 Å². The van der Waals surface area contributed by atoms with Crippen molar-refractivity contribution in [2.45, 2.75) is 20.1 Å². The molecule has 1 heterocycles. The maximum Gasteiger partial charge on any atom is 0.260 e. The van der Waals surface area contributed by atoms with Gasteiger partial charge in [0.05, 0.1) is 0 Å². The molecule has 1 aromatic carbocycles. The lowest BCUT2D eigenvalue weighted by molar-refractivity contribution is 0.0748. The van der Waals surface area contributed by atoms with Crippen LogP contribution in [0.1, 0.15) is 24.2 Å². The number of benzene rings is 1. The standard InChI is InChI=1S/C14H16ClN3O/c1-3-16-14-17-10(2)7-8-18(14)13(19)11-5-4-6-12(15)9-11/h4-9,14,16H,3H2,1-2H3. The molecule has 0 fully saturated rings. The highest BCUT2D eigenvalue weighted by molar-refractivity contribution is 6.31. The van der Waals surface area contributed by atoms with E-state index < -0.39 is 0 Å². The third kappa shape index (κ3) is 3.22. The second kappa shape index (κ2) is 5.99. The lowest BCUT2D eigenvalue weighted by Gasteiger charge is -2.29. The Morgan fingerprint density at radius 1 is 1.53 bits per heavy atom. The number of rotatable bonds is 3. The van der Waals surface area contributed by atoms with Crippen molar-refractivity contribution in [3.8, 4) is 0 Å². The molecule has 1 aromatic rings. The smallest absolute Gasteiger partial charge is 0.260 e. The molecule has 1 amide bonds. The Kier molecular flexibility index (Phi) is 4.35. The molecular formula is C14H16ClN3O. The van der Waals surface area contributed by atoms with Crippen LogP contribution < -0.4 is 5.32 Å². The van der Waals surface area contributed by atoms with Crippen molar-refractivity contribution in [3.05, 3.63) is 47.1 Å². The molecular weight excluding hydrogens is 262 g/mol. The van der Waals surface area contributed by atoms with E-state index >= 15 is 0 Å². The van der Waals surface area contributed by atoms with Gasteiger partial charge in [-0.2, -0.15) is 0 Å². The van der Waals surface area contributed by atoms with Gasteiger partial charge in [0.2, 0.25) is 0 Å². The van der Waals surface area contributed by atoms with Crippen LogP contribution in [0.3, 0.4) is 0 Å². The van der Waals surface area contributed by atoms with Crippen molar-refractivity contribution in [3.63, 3.8) is 0 Å². The third-order valence-corrected chi connectivity index (χ3v) is 2.99. The molecule has 19 heavy (non-hydrogen) atoms. The topological polar surface area (TPSA) is 44.7 Å². The minimum atomic E-state index is -0.360. The van der Waals surface area contributed by atoms with Crippen LogP contribution in [0.5, 0.6) is 0 Å². The molecule has 0 aromatic heterocycles. The van der Waals surface area contributed by atoms with Gasteiger partial charge in [0.15, 0.2) is 6.29 Å². The summed E-state index contributed by atoms with van der Waals surface area (Å²) in [6.45, 7) is 4.61. The highest BCUT2D eigenvalue weighted by Gasteiger charge is 2.23. The summed E-state index contributed by atoms with van der Waals surface area (Å²) in [5, 5.41) is 3.71. The van der Waals surface area contributed by atoms with Gasteiger partial charge in [-0.3, -0.25) is 15.0 Å². The lowest BCUT2D eigenvalue weighted by Crippen LogP contribution is -2.46. The monoisotopic (exact) mass is 277 g/mol. The lowest BCUT2D eigenvalue weighted by atomic mass is 10.2. The molecule has 0 aliphatic carbocycles. The first-order valence-electron chi connectivity index (χ1n) is 6.16. The van der Waals surface area contributed by atoms with E-state index in [2.05, 4.69) is 10.3 Å². The van der Waals surface area contributed by atoms with E-state index in [1.807, 2.05) is 19.9 Å². The normalized spacial score (nSPS) is 18.4. The molecule has 0 saturated heterocycles. The van der Waals surface area contributed by atoms with E-state index in [9.17, 15) is 4.79 Å². The van der Waals surface area contributed by atoms with Gasteiger partial charge < -0.3 is 0 Å². The number of aliphatic imine (C=N–C) groups is 1. The van der Waals surface area contributed by atoms with Gasteiger partial charge in [0, 0.05) is 22.5 Å². The Balaban J connectivity index is 2.25. The number of carbonyl (C=O) groups excluding carboxylic acids is 1. The fourth-order valence-corrected chi connectivity index (χ4v) is 2.03. The summed E-state index contributed by atoms with van der Waals surface area (Å²) >= 11 is 5.92. The van der Waals surface area contributed by atoms with Crippen LogP contribution in [0.2, 0.25) is 5.02 Å². The summed E-state index contributed by atoms with van der Waals surface area (Å²) in [7, 11) is 0. The van der Waals surface area contributed by atoms with Gasteiger partial charge in [-0.25, -0.2) is 4.99 Å². The summed E-state index contributed by atoms with van der Waals surface area (Å²) in [5.74, 6) is -0.124. The van der Waals surface area contributed by atoms with Gasteiger partial charge in [-0.1, -0.05) is 24.6 Å². The molecule has 1 aliphatic rings. The van der Waals surface area contributed by atoms with E-state index in [-0.39, 0.29) is 12.2 Å². The molecule has 0 spiro atoms. The Labute approximate surface area is 117 Å². The maximum absolute atomic E-state index is 12.5. The fourth-order valence-electron chi connectivity index (χ4n) is 1.84.